The number of hydrogen-bond donors (Lipinski definition) is 2. The lowest BCUT2D eigenvalue weighted by molar-refractivity contribution is -0.0153. The molecular formula is C14H11F3N6O. The molecule has 2 heterocycles. The minimum Gasteiger partial charge on any atom is -0.386 e. The van der Waals surface area contributed by atoms with Crippen molar-refractivity contribution in [3.63, 3.8) is 0 Å². The Morgan fingerprint density at radius 2 is 1.79 bits per heavy atom. The van der Waals surface area contributed by atoms with Gasteiger partial charge >= 0.3 is 0 Å². The first-order valence-corrected chi connectivity index (χ1v) is 6.83. The van der Waals surface area contributed by atoms with Gasteiger partial charge in [-0.3, -0.25) is 9.97 Å². The molecule has 2 aromatic heterocycles. The lowest BCUT2D eigenvalue weighted by atomic mass is 9.98. The van der Waals surface area contributed by atoms with Gasteiger partial charge in [0.1, 0.15) is 11.9 Å². The van der Waals surface area contributed by atoms with Crippen LogP contribution in [-0.4, -0.2) is 48.2 Å². The second-order valence-electron chi connectivity index (χ2n) is 4.91. The normalized spacial score (nSPS) is 13.9. The molecule has 3 rings (SSSR count). The van der Waals surface area contributed by atoms with E-state index in [0.29, 0.717) is 11.3 Å². The monoisotopic (exact) mass is 336 g/mol. The van der Waals surface area contributed by atoms with Crippen molar-refractivity contribution in [3.8, 4) is 11.3 Å². The Labute approximate surface area is 133 Å². The quantitative estimate of drug-likeness (QED) is 0.733. The number of nitrogens with zero attached hydrogens (tertiary/aromatic N) is 5. The van der Waals surface area contributed by atoms with Crippen molar-refractivity contribution in [2.24, 2.45) is 0 Å². The highest BCUT2D eigenvalue weighted by molar-refractivity contribution is 5.57. The number of aliphatic hydroxyl groups excluding tert-OH is 1. The van der Waals surface area contributed by atoms with E-state index in [1.807, 2.05) is 0 Å². The Balaban J connectivity index is 1.93. The van der Waals surface area contributed by atoms with Gasteiger partial charge in [-0.2, -0.15) is 5.21 Å². The predicted molar refractivity (Wildman–Crippen MR) is 75.5 cm³/mol. The van der Waals surface area contributed by atoms with E-state index >= 15 is 0 Å². The van der Waals surface area contributed by atoms with Gasteiger partial charge in [-0.05, 0) is 24.3 Å². The summed E-state index contributed by atoms with van der Waals surface area (Å²) in [5.74, 6) is -1.79. The van der Waals surface area contributed by atoms with Crippen LogP contribution in [0.4, 0.5) is 13.2 Å². The van der Waals surface area contributed by atoms with Crippen molar-refractivity contribution in [2.75, 3.05) is 0 Å². The van der Waals surface area contributed by atoms with E-state index in [-0.39, 0.29) is 17.3 Å². The third kappa shape index (κ3) is 3.23. The van der Waals surface area contributed by atoms with Crippen LogP contribution in [0.25, 0.3) is 11.3 Å². The molecule has 0 saturated heterocycles. The second-order valence-corrected chi connectivity index (χ2v) is 4.91. The molecule has 124 valence electrons. The highest BCUT2D eigenvalue weighted by Crippen LogP contribution is 2.27. The van der Waals surface area contributed by atoms with Crippen molar-refractivity contribution in [1.82, 2.24) is 30.6 Å². The average molecular weight is 336 g/mol. The topological polar surface area (TPSA) is 100 Å². The highest BCUT2D eigenvalue weighted by atomic mass is 19.3. The molecule has 0 amide bonds. The average Bonchev–Trinajstić information content (AvgIpc) is 3.10. The summed E-state index contributed by atoms with van der Waals surface area (Å²) in [6.07, 6.45) is -2.50. The van der Waals surface area contributed by atoms with Crippen molar-refractivity contribution < 1.29 is 18.3 Å². The van der Waals surface area contributed by atoms with Crippen molar-refractivity contribution in [1.29, 1.82) is 0 Å². The minimum atomic E-state index is -3.02. The number of nitrogens with one attached hydrogen (secondary N) is 1. The van der Waals surface area contributed by atoms with Crippen molar-refractivity contribution >= 4 is 0 Å². The number of hydrogen-bond acceptors (Lipinski definition) is 6. The second kappa shape index (κ2) is 6.71. The van der Waals surface area contributed by atoms with Crippen LogP contribution in [0.2, 0.25) is 0 Å². The fourth-order valence-corrected chi connectivity index (χ4v) is 2.18. The number of aromatic nitrogens is 6. The molecular weight excluding hydrogens is 325 g/mol. The van der Waals surface area contributed by atoms with Gasteiger partial charge in [-0.1, -0.05) is 5.21 Å². The van der Waals surface area contributed by atoms with E-state index in [4.69, 9.17) is 0 Å². The van der Waals surface area contributed by atoms with Crippen LogP contribution in [0.3, 0.4) is 0 Å². The molecule has 24 heavy (non-hydrogen) atoms. The van der Waals surface area contributed by atoms with Gasteiger partial charge in [0.25, 0.3) is 6.43 Å². The van der Waals surface area contributed by atoms with Crippen LogP contribution >= 0.6 is 0 Å². The van der Waals surface area contributed by atoms with Crippen molar-refractivity contribution in [2.45, 2.75) is 18.4 Å². The van der Waals surface area contributed by atoms with Crippen LogP contribution in [0.1, 0.15) is 17.4 Å². The number of benzene rings is 1. The van der Waals surface area contributed by atoms with Crippen LogP contribution in [-0.2, 0) is 0 Å². The summed E-state index contributed by atoms with van der Waals surface area (Å²) in [6, 6.07) is 5.58. The first kappa shape index (κ1) is 16.0. The van der Waals surface area contributed by atoms with Gasteiger partial charge < -0.3 is 5.11 Å². The summed E-state index contributed by atoms with van der Waals surface area (Å²) in [7, 11) is 0. The SMILES string of the molecule is OC(C(F)F)C(c1cnc(-c2ccc(F)cc2)cn1)c1nn[nH]n1. The summed E-state index contributed by atoms with van der Waals surface area (Å²) < 4.78 is 38.8. The molecule has 2 unspecified atom stereocenters. The molecule has 0 radical (unpaired) electrons. The van der Waals surface area contributed by atoms with E-state index in [1.165, 1.54) is 36.7 Å². The molecule has 3 aromatic rings. The molecule has 0 aliphatic heterocycles. The van der Waals surface area contributed by atoms with Crippen LogP contribution in [0.15, 0.2) is 36.7 Å². The van der Waals surface area contributed by atoms with E-state index in [9.17, 15) is 18.3 Å². The zero-order valence-corrected chi connectivity index (χ0v) is 12.0. The zero-order valence-electron chi connectivity index (χ0n) is 12.0. The maximum atomic E-state index is 12.9. The predicted octanol–water partition coefficient (Wildman–Crippen LogP) is 1.55. The first-order valence-electron chi connectivity index (χ1n) is 6.83. The summed E-state index contributed by atoms with van der Waals surface area (Å²) in [5, 5.41) is 22.5. The lowest BCUT2D eigenvalue weighted by Gasteiger charge is -2.18. The summed E-state index contributed by atoms with van der Waals surface area (Å²) >= 11 is 0. The smallest absolute Gasteiger partial charge is 0.265 e. The molecule has 0 fully saturated rings. The van der Waals surface area contributed by atoms with E-state index in [0.717, 1.165) is 0 Å². The molecule has 0 aliphatic rings. The van der Waals surface area contributed by atoms with E-state index < -0.39 is 18.4 Å². The van der Waals surface area contributed by atoms with Crippen LogP contribution in [0.5, 0.6) is 0 Å². The molecule has 1 aromatic carbocycles. The number of rotatable bonds is 5. The number of H-pyrrole nitrogens is 1. The Morgan fingerprint density at radius 3 is 2.33 bits per heavy atom. The van der Waals surface area contributed by atoms with Crippen LogP contribution in [0, 0.1) is 5.82 Å². The Morgan fingerprint density at radius 1 is 1.04 bits per heavy atom. The third-order valence-corrected chi connectivity index (χ3v) is 3.37. The molecule has 7 nitrogen and oxygen atoms in total. The van der Waals surface area contributed by atoms with Gasteiger partial charge in [0.15, 0.2) is 5.82 Å². The summed E-state index contributed by atoms with van der Waals surface area (Å²) in [5.41, 5.74) is 1.10. The molecule has 0 bridgehead atoms. The molecule has 10 heteroatoms. The Hall–Kier alpha value is -2.88. The first-order chi connectivity index (χ1) is 11.6. The Bertz CT molecular complexity index is 779. The summed E-state index contributed by atoms with van der Waals surface area (Å²) in [4.78, 5) is 8.19. The fraction of sp³-hybridized carbons (Fsp3) is 0.214. The third-order valence-electron chi connectivity index (χ3n) is 3.37. The number of aromatic amines is 1. The summed E-state index contributed by atoms with van der Waals surface area (Å²) in [6.45, 7) is 0. The molecule has 0 saturated carbocycles. The maximum absolute atomic E-state index is 12.9. The maximum Gasteiger partial charge on any atom is 0.265 e. The molecule has 0 spiro atoms. The number of alkyl halides is 2. The number of tetrazole rings is 1. The highest BCUT2D eigenvalue weighted by Gasteiger charge is 2.34. The molecule has 2 N–H and O–H groups in total. The van der Waals surface area contributed by atoms with E-state index in [2.05, 4.69) is 30.6 Å². The molecule has 2 atom stereocenters. The lowest BCUT2D eigenvalue weighted by Crippen LogP contribution is -2.29. The standard InChI is InChI=1S/C14H11F3N6O/c15-8-3-1-7(2-4-8)9-5-19-10(6-18-9)11(12(24)13(16)17)14-20-22-23-21-14/h1-6,11-13,24H,(H,20,21,22,23). The molecule has 0 aliphatic carbocycles. The zero-order chi connectivity index (χ0) is 17.1. The largest absolute Gasteiger partial charge is 0.386 e. The van der Waals surface area contributed by atoms with Gasteiger partial charge in [0.2, 0.25) is 0 Å². The van der Waals surface area contributed by atoms with Gasteiger partial charge in [-0.25, -0.2) is 13.2 Å². The van der Waals surface area contributed by atoms with Crippen LogP contribution < -0.4 is 0 Å². The number of aliphatic hydroxyl groups is 1. The Kier molecular flexibility index (Phi) is 4.47. The van der Waals surface area contributed by atoms with Gasteiger partial charge in [-0.15, -0.1) is 10.2 Å². The van der Waals surface area contributed by atoms with Gasteiger partial charge in [0, 0.05) is 11.8 Å². The fourth-order valence-electron chi connectivity index (χ4n) is 2.18. The van der Waals surface area contributed by atoms with Gasteiger partial charge in [0.05, 0.1) is 23.5 Å². The van der Waals surface area contributed by atoms with Crippen molar-refractivity contribution in [3.05, 3.63) is 54.0 Å². The number of halogens is 3. The minimum absolute atomic E-state index is 0.0649. The van der Waals surface area contributed by atoms with E-state index in [1.54, 1.807) is 0 Å².